The van der Waals surface area contributed by atoms with Gasteiger partial charge in [-0.15, -0.1) is 6.58 Å². The lowest BCUT2D eigenvalue weighted by Crippen LogP contribution is -1.93. The fourth-order valence-corrected chi connectivity index (χ4v) is 2.26. The molecule has 0 nitrogen and oxygen atoms in total. The zero-order valence-corrected chi connectivity index (χ0v) is 10.5. The summed E-state index contributed by atoms with van der Waals surface area (Å²) < 4.78 is 0. The van der Waals surface area contributed by atoms with E-state index in [1.165, 1.54) is 27.8 Å². The van der Waals surface area contributed by atoms with Gasteiger partial charge in [0.05, 0.1) is 0 Å². The second-order valence-electron chi connectivity index (χ2n) is 4.31. The molecule has 2 rings (SSSR count). The van der Waals surface area contributed by atoms with E-state index < -0.39 is 0 Å². The standard InChI is InChI=1S/C17H17/c1-4-8-15-11-5-6-12-16(15)17-13(2)9-7-10-14(17)3/h4-7,9,11-12H,1,8H2,2-3H3. The Balaban J connectivity index is 2.64. The van der Waals surface area contributed by atoms with E-state index in [1.54, 1.807) is 0 Å². The van der Waals surface area contributed by atoms with Crippen molar-refractivity contribution in [3.8, 4) is 11.1 Å². The number of hydrogen-bond donors (Lipinski definition) is 0. The first kappa shape index (κ1) is 11.7. The third kappa shape index (κ3) is 2.31. The van der Waals surface area contributed by atoms with Gasteiger partial charge in [-0.2, -0.15) is 0 Å². The van der Waals surface area contributed by atoms with Gasteiger partial charge in [0.25, 0.3) is 0 Å². The fraction of sp³-hybridized carbons (Fsp3) is 0.176. The monoisotopic (exact) mass is 221 g/mol. The molecular formula is C17H17. The van der Waals surface area contributed by atoms with Crippen LogP contribution in [0.1, 0.15) is 16.7 Å². The molecule has 0 unspecified atom stereocenters. The van der Waals surface area contributed by atoms with Crippen molar-refractivity contribution in [1.29, 1.82) is 0 Å². The zero-order chi connectivity index (χ0) is 12.3. The first-order chi connectivity index (χ1) is 8.24. The van der Waals surface area contributed by atoms with Crippen LogP contribution in [0.2, 0.25) is 0 Å². The van der Waals surface area contributed by atoms with Gasteiger partial charge >= 0.3 is 0 Å². The molecule has 0 heterocycles. The van der Waals surface area contributed by atoms with Crippen molar-refractivity contribution in [2.75, 3.05) is 0 Å². The minimum absolute atomic E-state index is 0.907. The van der Waals surface area contributed by atoms with E-state index >= 15 is 0 Å². The van der Waals surface area contributed by atoms with Gasteiger partial charge < -0.3 is 0 Å². The van der Waals surface area contributed by atoms with E-state index in [9.17, 15) is 0 Å². The summed E-state index contributed by atoms with van der Waals surface area (Å²) in [6.45, 7) is 8.10. The van der Waals surface area contributed by atoms with E-state index in [1.807, 2.05) is 12.1 Å². The van der Waals surface area contributed by atoms with Crippen molar-refractivity contribution in [3.63, 3.8) is 0 Å². The van der Waals surface area contributed by atoms with Crippen molar-refractivity contribution in [1.82, 2.24) is 0 Å². The van der Waals surface area contributed by atoms with Gasteiger partial charge in [-0.1, -0.05) is 42.5 Å². The van der Waals surface area contributed by atoms with Gasteiger partial charge in [0.1, 0.15) is 0 Å². The van der Waals surface area contributed by atoms with Crippen LogP contribution in [0, 0.1) is 19.9 Å². The van der Waals surface area contributed by atoms with E-state index in [0.717, 1.165) is 6.42 Å². The average Bonchev–Trinajstić information content (AvgIpc) is 2.31. The van der Waals surface area contributed by atoms with E-state index in [4.69, 9.17) is 0 Å². The highest BCUT2D eigenvalue weighted by atomic mass is 14.1. The Morgan fingerprint density at radius 1 is 1.18 bits per heavy atom. The number of hydrogen-bond acceptors (Lipinski definition) is 0. The van der Waals surface area contributed by atoms with Crippen molar-refractivity contribution in [3.05, 3.63) is 71.8 Å². The largest absolute Gasteiger partial charge is 0.103 e. The molecule has 0 saturated carbocycles. The van der Waals surface area contributed by atoms with E-state index in [0.29, 0.717) is 0 Å². The molecule has 85 valence electrons. The summed E-state index contributed by atoms with van der Waals surface area (Å²) in [4.78, 5) is 0. The van der Waals surface area contributed by atoms with Gasteiger partial charge in [-0.3, -0.25) is 0 Å². The molecule has 0 heteroatoms. The molecule has 0 atom stereocenters. The number of benzene rings is 2. The lowest BCUT2D eigenvalue weighted by Gasteiger charge is -2.13. The maximum absolute atomic E-state index is 3.83. The molecule has 0 spiro atoms. The number of rotatable bonds is 3. The minimum Gasteiger partial charge on any atom is -0.103 e. The van der Waals surface area contributed by atoms with Crippen LogP contribution < -0.4 is 0 Å². The SMILES string of the molecule is C=CCc1ccccc1-c1c(C)[c]ccc1C. The summed E-state index contributed by atoms with van der Waals surface area (Å²) in [5.41, 5.74) is 6.46. The van der Waals surface area contributed by atoms with E-state index in [2.05, 4.69) is 56.8 Å². The quantitative estimate of drug-likeness (QED) is 0.669. The Morgan fingerprint density at radius 3 is 2.65 bits per heavy atom. The maximum Gasteiger partial charge on any atom is -0.00940 e. The molecule has 0 saturated heterocycles. The highest BCUT2D eigenvalue weighted by Crippen LogP contribution is 2.30. The normalized spacial score (nSPS) is 10.2. The van der Waals surface area contributed by atoms with Gasteiger partial charge in [0.15, 0.2) is 0 Å². The summed E-state index contributed by atoms with van der Waals surface area (Å²) in [6, 6.07) is 15.9. The van der Waals surface area contributed by atoms with Crippen LogP contribution in [0.25, 0.3) is 11.1 Å². The average molecular weight is 221 g/mol. The molecule has 0 aromatic heterocycles. The predicted octanol–water partition coefficient (Wildman–Crippen LogP) is 4.50. The topological polar surface area (TPSA) is 0 Å². The van der Waals surface area contributed by atoms with Gasteiger partial charge in [-0.25, -0.2) is 0 Å². The second kappa shape index (κ2) is 5.01. The lowest BCUT2D eigenvalue weighted by atomic mass is 9.91. The highest BCUT2D eigenvalue weighted by Gasteiger charge is 2.08. The Morgan fingerprint density at radius 2 is 1.94 bits per heavy atom. The molecular weight excluding hydrogens is 204 g/mol. The number of aryl methyl sites for hydroxylation is 2. The first-order valence-electron chi connectivity index (χ1n) is 5.91. The summed E-state index contributed by atoms with van der Waals surface area (Å²) in [6.07, 6.45) is 2.86. The van der Waals surface area contributed by atoms with Crippen molar-refractivity contribution < 1.29 is 0 Å². The first-order valence-corrected chi connectivity index (χ1v) is 5.91. The molecule has 1 radical (unpaired) electrons. The fourth-order valence-electron chi connectivity index (χ4n) is 2.26. The molecule has 0 aliphatic rings. The van der Waals surface area contributed by atoms with Gasteiger partial charge in [-0.05, 0) is 54.2 Å². The Kier molecular flexibility index (Phi) is 3.43. The highest BCUT2D eigenvalue weighted by molar-refractivity contribution is 5.73. The van der Waals surface area contributed by atoms with Crippen LogP contribution in [0.3, 0.4) is 0 Å². The van der Waals surface area contributed by atoms with Crippen molar-refractivity contribution >= 4 is 0 Å². The second-order valence-corrected chi connectivity index (χ2v) is 4.31. The molecule has 2 aromatic rings. The minimum atomic E-state index is 0.907. The Bertz CT molecular complexity index is 515. The Hall–Kier alpha value is -1.82. The molecule has 0 fully saturated rings. The molecule has 0 aliphatic carbocycles. The molecule has 0 N–H and O–H groups in total. The zero-order valence-electron chi connectivity index (χ0n) is 10.5. The molecule has 17 heavy (non-hydrogen) atoms. The lowest BCUT2D eigenvalue weighted by molar-refractivity contribution is 1.26. The molecule has 2 aromatic carbocycles. The van der Waals surface area contributed by atoms with Crippen LogP contribution in [-0.4, -0.2) is 0 Å². The smallest absolute Gasteiger partial charge is 0.00940 e. The molecule has 0 bridgehead atoms. The third-order valence-corrected chi connectivity index (χ3v) is 3.05. The van der Waals surface area contributed by atoms with Crippen LogP contribution in [-0.2, 0) is 6.42 Å². The van der Waals surface area contributed by atoms with E-state index in [-0.39, 0.29) is 0 Å². The van der Waals surface area contributed by atoms with Crippen LogP contribution in [0.4, 0.5) is 0 Å². The predicted molar refractivity (Wildman–Crippen MR) is 74.1 cm³/mol. The Labute approximate surface area is 104 Å². The van der Waals surface area contributed by atoms with Gasteiger partial charge in [0, 0.05) is 0 Å². The third-order valence-electron chi connectivity index (χ3n) is 3.05. The summed E-state index contributed by atoms with van der Waals surface area (Å²) in [5, 5.41) is 0. The van der Waals surface area contributed by atoms with Crippen LogP contribution in [0.5, 0.6) is 0 Å². The summed E-state index contributed by atoms with van der Waals surface area (Å²) in [5.74, 6) is 0. The van der Waals surface area contributed by atoms with Crippen LogP contribution in [0.15, 0.2) is 49.1 Å². The summed E-state index contributed by atoms with van der Waals surface area (Å²) >= 11 is 0. The number of allylic oxidation sites excluding steroid dienone is 1. The van der Waals surface area contributed by atoms with Crippen molar-refractivity contribution in [2.24, 2.45) is 0 Å². The summed E-state index contributed by atoms with van der Waals surface area (Å²) in [7, 11) is 0. The van der Waals surface area contributed by atoms with Crippen LogP contribution >= 0.6 is 0 Å². The maximum atomic E-state index is 3.83. The molecule has 0 aliphatic heterocycles. The molecule has 0 amide bonds. The van der Waals surface area contributed by atoms with Gasteiger partial charge in [0.2, 0.25) is 0 Å². The van der Waals surface area contributed by atoms with Crippen molar-refractivity contribution in [2.45, 2.75) is 20.3 Å².